The van der Waals surface area contributed by atoms with Crippen LogP contribution in [-0.4, -0.2) is 41.1 Å². The lowest BCUT2D eigenvalue weighted by molar-refractivity contribution is 0.174. The second-order valence-electron chi connectivity index (χ2n) is 6.57. The molecule has 0 saturated carbocycles. The van der Waals surface area contributed by atoms with E-state index in [1.165, 1.54) is 0 Å². The Morgan fingerprint density at radius 3 is 2.86 bits per heavy atom. The highest BCUT2D eigenvalue weighted by atomic mass is 127. The van der Waals surface area contributed by atoms with Crippen molar-refractivity contribution >= 4 is 35.6 Å². The minimum atomic E-state index is 0. The van der Waals surface area contributed by atoms with E-state index in [-0.39, 0.29) is 30.8 Å². The van der Waals surface area contributed by atoms with E-state index >= 15 is 0 Å². The van der Waals surface area contributed by atoms with Crippen LogP contribution in [0.1, 0.15) is 17.0 Å². The molecule has 1 N–H and O–H groups in total. The Kier molecular flexibility index (Phi) is 6.28. The average Bonchev–Trinajstić information content (AvgIpc) is 3.29. The van der Waals surface area contributed by atoms with Gasteiger partial charge in [0.25, 0.3) is 0 Å². The number of nitrogens with zero attached hydrogens (tertiary/aromatic N) is 4. The van der Waals surface area contributed by atoms with Crippen molar-refractivity contribution in [2.75, 3.05) is 20.9 Å². The van der Waals surface area contributed by atoms with Crippen LogP contribution >= 0.6 is 24.0 Å². The molecule has 0 aliphatic carbocycles. The van der Waals surface area contributed by atoms with Gasteiger partial charge in [0.15, 0.2) is 17.5 Å². The van der Waals surface area contributed by atoms with Crippen LogP contribution in [0.3, 0.4) is 0 Å². The summed E-state index contributed by atoms with van der Waals surface area (Å²) in [5.74, 6) is 2.40. The number of benzene rings is 1. The minimum Gasteiger partial charge on any atom is -0.454 e. The molecule has 0 unspecified atom stereocenters. The van der Waals surface area contributed by atoms with Crippen LogP contribution in [0.25, 0.3) is 5.65 Å². The number of guanidine groups is 1. The van der Waals surface area contributed by atoms with Crippen molar-refractivity contribution < 1.29 is 9.47 Å². The van der Waals surface area contributed by atoms with Crippen LogP contribution in [0.15, 0.2) is 47.6 Å². The molecule has 0 radical (unpaired) electrons. The number of nitrogens with one attached hydrogen (secondary N) is 1. The number of imidazole rings is 1. The summed E-state index contributed by atoms with van der Waals surface area (Å²) < 4.78 is 12.9. The Labute approximate surface area is 181 Å². The lowest BCUT2D eigenvalue weighted by Crippen LogP contribution is -2.38. The fraction of sp³-hybridized carbons (Fsp3) is 0.300. The summed E-state index contributed by atoms with van der Waals surface area (Å²) in [7, 11) is 3.79. The predicted molar refractivity (Wildman–Crippen MR) is 120 cm³/mol. The van der Waals surface area contributed by atoms with E-state index in [1.807, 2.05) is 37.4 Å². The van der Waals surface area contributed by atoms with E-state index in [1.54, 1.807) is 7.05 Å². The quantitative estimate of drug-likeness (QED) is 0.344. The maximum absolute atomic E-state index is 5.45. The highest BCUT2D eigenvalue weighted by Gasteiger charge is 2.15. The van der Waals surface area contributed by atoms with Crippen LogP contribution in [-0.2, 0) is 13.1 Å². The van der Waals surface area contributed by atoms with Crippen LogP contribution in [0, 0.1) is 6.92 Å². The molecule has 1 aliphatic rings. The second-order valence-corrected chi connectivity index (χ2v) is 6.57. The molecule has 0 bridgehead atoms. The largest absolute Gasteiger partial charge is 0.454 e. The standard InChI is InChI=1S/C20H23N5O2.HI/c1-14-5-4-6-19-23-16(12-25(14)19)10-22-20(21-2)24(3)11-15-7-8-17-18(9-15)27-13-26-17;/h4-9,12H,10-11,13H2,1-3H3,(H,21,22);1H. The third kappa shape index (κ3) is 4.16. The maximum Gasteiger partial charge on any atom is 0.231 e. The average molecular weight is 493 g/mol. The fourth-order valence-electron chi connectivity index (χ4n) is 3.23. The first-order valence-corrected chi connectivity index (χ1v) is 8.88. The number of aliphatic imine (C=N–C) groups is 1. The summed E-state index contributed by atoms with van der Waals surface area (Å²) >= 11 is 0. The molecule has 0 spiro atoms. The highest BCUT2D eigenvalue weighted by Crippen LogP contribution is 2.32. The molecule has 3 heterocycles. The number of aryl methyl sites for hydroxylation is 1. The van der Waals surface area contributed by atoms with Gasteiger partial charge in [-0.2, -0.15) is 0 Å². The molecule has 0 saturated heterocycles. The molecule has 4 rings (SSSR count). The van der Waals surface area contributed by atoms with Crippen molar-refractivity contribution in [3.63, 3.8) is 0 Å². The van der Waals surface area contributed by atoms with E-state index in [2.05, 4.69) is 43.8 Å². The van der Waals surface area contributed by atoms with Crippen molar-refractivity contribution in [3.8, 4) is 11.5 Å². The van der Waals surface area contributed by atoms with Gasteiger partial charge in [-0.25, -0.2) is 4.98 Å². The van der Waals surface area contributed by atoms with Gasteiger partial charge >= 0.3 is 0 Å². The molecule has 0 atom stereocenters. The van der Waals surface area contributed by atoms with Crippen molar-refractivity contribution in [1.29, 1.82) is 0 Å². The van der Waals surface area contributed by atoms with Crippen LogP contribution in [0.2, 0.25) is 0 Å². The Morgan fingerprint density at radius 2 is 2.07 bits per heavy atom. The van der Waals surface area contributed by atoms with Gasteiger partial charge in [0.05, 0.1) is 12.2 Å². The zero-order valence-electron chi connectivity index (χ0n) is 16.2. The summed E-state index contributed by atoms with van der Waals surface area (Å²) in [6.07, 6.45) is 2.06. The van der Waals surface area contributed by atoms with Crippen molar-refractivity contribution in [3.05, 3.63) is 59.5 Å². The minimum absolute atomic E-state index is 0. The molecule has 0 fully saturated rings. The Morgan fingerprint density at radius 1 is 1.25 bits per heavy atom. The van der Waals surface area contributed by atoms with Gasteiger partial charge in [-0.1, -0.05) is 12.1 Å². The van der Waals surface area contributed by atoms with Crippen molar-refractivity contribution in [2.24, 2.45) is 4.99 Å². The normalized spacial score (nSPS) is 12.8. The molecule has 3 aromatic rings. The summed E-state index contributed by atoms with van der Waals surface area (Å²) in [6, 6.07) is 12.1. The topological polar surface area (TPSA) is 63.4 Å². The van der Waals surface area contributed by atoms with Gasteiger partial charge < -0.3 is 24.1 Å². The number of pyridine rings is 1. The van der Waals surface area contributed by atoms with Gasteiger partial charge in [-0.3, -0.25) is 4.99 Å². The van der Waals surface area contributed by atoms with Crippen LogP contribution in [0.5, 0.6) is 11.5 Å². The van der Waals surface area contributed by atoms with Gasteiger partial charge in [0, 0.05) is 32.5 Å². The molecule has 148 valence electrons. The third-order valence-corrected chi connectivity index (χ3v) is 4.60. The first-order valence-electron chi connectivity index (χ1n) is 8.88. The van der Waals surface area contributed by atoms with Gasteiger partial charge in [0.2, 0.25) is 6.79 Å². The summed E-state index contributed by atoms with van der Waals surface area (Å²) in [5.41, 5.74) is 4.22. The summed E-state index contributed by atoms with van der Waals surface area (Å²) in [6.45, 7) is 3.68. The molecule has 7 nitrogen and oxygen atoms in total. The Balaban J connectivity index is 0.00000225. The number of rotatable bonds is 4. The molecule has 1 aromatic carbocycles. The Bertz CT molecular complexity index is 1000. The van der Waals surface area contributed by atoms with Crippen molar-refractivity contribution in [1.82, 2.24) is 19.6 Å². The zero-order valence-corrected chi connectivity index (χ0v) is 18.5. The number of ether oxygens (including phenoxy) is 2. The van der Waals surface area contributed by atoms with Crippen LogP contribution in [0.4, 0.5) is 0 Å². The number of hydrogen-bond acceptors (Lipinski definition) is 4. The molecular weight excluding hydrogens is 469 g/mol. The van der Waals surface area contributed by atoms with Gasteiger partial charge in [-0.05, 0) is 36.8 Å². The molecular formula is C20H24IN5O2. The molecule has 28 heavy (non-hydrogen) atoms. The number of fused-ring (bicyclic) bond motifs is 2. The smallest absolute Gasteiger partial charge is 0.231 e. The van der Waals surface area contributed by atoms with Gasteiger partial charge in [-0.15, -0.1) is 24.0 Å². The van der Waals surface area contributed by atoms with Crippen molar-refractivity contribution in [2.45, 2.75) is 20.0 Å². The highest BCUT2D eigenvalue weighted by molar-refractivity contribution is 14.0. The first kappa shape index (κ1) is 20.2. The zero-order chi connectivity index (χ0) is 18.8. The Hall–Kier alpha value is -2.49. The third-order valence-electron chi connectivity index (χ3n) is 4.60. The summed E-state index contributed by atoms with van der Waals surface area (Å²) in [4.78, 5) is 11.1. The van der Waals surface area contributed by atoms with E-state index in [0.717, 1.165) is 40.1 Å². The first-order chi connectivity index (χ1) is 13.1. The van der Waals surface area contributed by atoms with Gasteiger partial charge in [0.1, 0.15) is 5.65 Å². The number of aromatic nitrogens is 2. The number of hydrogen-bond donors (Lipinski definition) is 1. The lowest BCUT2D eigenvalue weighted by Gasteiger charge is -2.22. The second kappa shape index (κ2) is 8.68. The predicted octanol–water partition coefficient (Wildman–Crippen LogP) is 3.20. The van der Waals surface area contributed by atoms with E-state index < -0.39 is 0 Å². The fourth-order valence-corrected chi connectivity index (χ4v) is 3.23. The molecule has 1 aliphatic heterocycles. The monoisotopic (exact) mass is 493 g/mol. The number of halogens is 1. The van der Waals surface area contributed by atoms with E-state index in [4.69, 9.17) is 9.47 Å². The summed E-state index contributed by atoms with van der Waals surface area (Å²) in [5, 5.41) is 3.38. The lowest BCUT2D eigenvalue weighted by atomic mass is 10.2. The van der Waals surface area contributed by atoms with E-state index in [9.17, 15) is 0 Å². The molecule has 2 aromatic heterocycles. The van der Waals surface area contributed by atoms with Crippen LogP contribution < -0.4 is 14.8 Å². The van der Waals surface area contributed by atoms with E-state index in [0.29, 0.717) is 13.1 Å². The molecule has 8 heteroatoms. The maximum atomic E-state index is 5.45. The molecule has 0 amide bonds. The SMILES string of the molecule is CN=C(NCc1cn2c(C)cccc2n1)N(C)Cc1ccc2c(c1)OCO2.I.